The minimum atomic E-state index is -2.16. The summed E-state index contributed by atoms with van der Waals surface area (Å²) in [7, 11) is 4.78. The minimum absolute atomic E-state index is 0.292. The molecule has 0 saturated carbocycles. The van der Waals surface area contributed by atoms with E-state index in [1.165, 1.54) is 7.11 Å². The lowest BCUT2D eigenvalue weighted by atomic mass is 10.1. The Hall–Kier alpha value is -0.740. The van der Waals surface area contributed by atoms with Crippen LogP contribution in [0.4, 0.5) is 0 Å². The molecule has 6 heteroatoms. The van der Waals surface area contributed by atoms with E-state index in [2.05, 4.69) is 0 Å². The van der Waals surface area contributed by atoms with E-state index >= 15 is 0 Å². The predicted molar refractivity (Wildman–Crippen MR) is 80.9 cm³/mol. The summed E-state index contributed by atoms with van der Waals surface area (Å²) in [6.07, 6.45) is -1.60. The summed E-state index contributed by atoms with van der Waals surface area (Å²) in [6, 6.07) is 9.37. The summed E-state index contributed by atoms with van der Waals surface area (Å²) < 4.78 is 12.1. The van der Waals surface area contributed by atoms with E-state index in [1.807, 2.05) is 48.7 Å². The number of esters is 1. The maximum Gasteiger partial charge on any atom is 0.323 e. The monoisotopic (exact) mass is 301 g/mol. The normalized spacial score (nSPS) is 15.8. The Kier molecular flexibility index (Phi) is 6.14. The molecule has 1 aromatic carbocycles. The second-order valence-electron chi connectivity index (χ2n) is 4.29. The maximum atomic E-state index is 12.0. The number of rotatable bonds is 6. The predicted octanol–water partition coefficient (Wildman–Crippen LogP) is 2.29. The van der Waals surface area contributed by atoms with Gasteiger partial charge in [-0.05, 0) is 19.0 Å². The zero-order valence-corrected chi connectivity index (χ0v) is 13.4. The van der Waals surface area contributed by atoms with Crippen molar-refractivity contribution in [2.45, 2.75) is 12.5 Å². The number of likely N-dealkylation sites (N-methyl/N-ethyl adjacent to an activating group) is 1. The lowest BCUT2D eigenvalue weighted by molar-refractivity contribution is -0.144. The molecule has 1 aromatic rings. The van der Waals surface area contributed by atoms with E-state index in [0.29, 0.717) is 6.42 Å². The van der Waals surface area contributed by atoms with Crippen LogP contribution in [0.1, 0.15) is 5.56 Å². The van der Waals surface area contributed by atoms with Gasteiger partial charge in [0, 0.05) is 13.8 Å². The van der Waals surface area contributed by atoms with Crippen LogP contribution >= 0.6 is 6.42 Å². The molecule has 0 N–H and O–H groups in total. The number of hydrogen-bond acceptors (Lipinski definition) is 4. The first-order chi connectivity index (χ1) is 8.92. The summed E-state index contributed by atoms with van der Waals surface area (Å²) in [5, 5.41) is 0. The van der Waals surface area contributed by atoms with Crippen LogP contribution in [0.25, 0.3) is 0 Å². The highest BCUT2D eigenvalue weighted by atomic mass is 32.4. The van der Waals surface area contributed by atoms with E-state index in [1.54, 1.807) is 7.11 Å². The van der Waals surface area contributed by atoms with Crippen molar-refractivity contribution in [3.05, 3.63) is 35.9 Å². The van der Waals surface area contributed by atoms with Crippen molar-refractivity contribution in [3.8, 4) is 0 Å². The highest BCUT2D eigenvalue weighted by Crippen LogP contribution is 2.47. The van der Waals surface area contributed by atoms with E-state index in [0.717, 1.165) is 5.56 Å². The number of nitrogens with zero attached hydrogens (tertiary/aromatic N) is 1. The van der Waals surface area contributed by atoms with Gasteiger partial charge in [-0.15, -0.1) is 0 Å². The zero-order chi connectivity index (χ0) is 14.5. The van der Waals surface area contributed by atoms with Gasteiger partial charge in [0.2, 0.25) is 0 Å². The fraction of sp³-hybridized carbons (Fsp3) is 0.462. The molecule has 106 valence electrons. The quantitative estimate of drug-likeness (QED) is 0.595. The van der Waals surface area contributed by atoms with Crippen LogP contribution in [0.5, 0.6) is 0 Å². The van der Waals surface area contributed by atoms with E-state index in [-0.39, 0.29) is 5.97 Å². The third-order valence-electron chi connectivity index (χ3n) is 3.11. The molecule has 0 aromatic heterocycles. The van der Waals surface area contributed by atoms with Gasteiger partial charge in [-0.3, -0.25) is 4.79 Å². The number of hydrogen-bond donors (Lipinski definition) is 0. The summed E-state index contributed by atoms with van der Waals surface area (Å²) >= 11 is 5.43. The Morgan fingerprint density at radius 3 is 2.42 bits per heavy atom. The Balaban J connectivity index is 2.96. The second kappa shape index (κ2) is 7.15. The van der Waals surface area contributed by atoms with Crippen LogP contribution in [-0.2, 0) is 32.3 Å². The molecule has 1 unspecified atom stereocenters. The Bertz CT molecular complexity index is 466. The van der Waals surface area contributed by atoms with Gasteiger partial charge in [-0.1, -0.05) is 42.1 Å². The highest BCUT2D eigenvalue weighted by molar-refractivity contribution is 8.10. The molecule has 19 heavy (non-hydrogen) atoms. The van der Waals surface area contributed by atoms with Crippen LogP contribution in [-0.4, -0.2) is 44.6 Å². The molecular weight excluding hydrogens is 281 g/mol. The average molecular weight is 301 g/mol. The van der Waals surface area contributed by atoms with Crippen molar-refractivity contribution in [2.75, 3.05) is 27.9 Å². The third-order valence-corrected chi connectivity index (χ3v) is 6.43. The number of methoxy groups -OCH3 is 1. The second-order valence-corrected chi connectivity index (χ2v) is 8.92. The summed E-state index contributed by atoms with van der Waals surface area (Å²) in [4.78, 5) is 12.0. The molecule has 0 saturated heterocycles. The van der Waals surface area contributed by atoms with Gasteiger partial charge in [0.15, 0.2) is 0 Å². The first kappa shape index (κ1) is 16.3. The lowest BCUT2D eigenvalue weighted by Crippen LogP contribution is -2.39. The van der Waals surface area contributed by atoms with Gasteiger partial charge in [-0.25, -0.2) is 4.67 Å². The van der Waals surface area contributed by atoms with Crippen molar-refractivity contribution in [1.29, 1.82) is 0 Å². The number of ether oxygens (including phenoxy) is 1. The molecular formula is C13H20NO3PS. The largest absolute Gasteiger partial charge is 0.468 e. The smallest absolute Gasteiger partial charge is 0.323 e. The van der Waals surface area contributed by atoms with E-state index in [4.69, 9.17) is 21.1 Å². The fourth-order valence-electron chi connectivity index (χ4n) is 1.72. The summed E-state index contributed by atoms with van der Waals surface area (Å²) in [5.41, 5.74) is 1.07. The van der Waals surface area contributed by atoms with Crippen LogP contribution in [0.2, 0.25) is 0 Å². The lowest BCUT2D eigenvalue weighted by Gasteiger charge is -2.32. The molecule has 2 atom stereocenters. The number of carbonyl (C=O) groups is 1. The molecule has 0 bridgehead atoms. The van der Waals surface area contributed by atoms with Crippen molar-refractivity contribution >= 4 is 24.2 Å². The first-order valence-electron chi connectivity index (χ1n) is 5.90. The van der Waals surface area contributed by atoms with Crippen LogP contribution in [0.3, 0.4) is 0 Å². The molecule has 0 fully saturated rings. The van der Waals surface area contributed by atoms with Crippen molar-refractivity contribution in [1.82, 2.24) is 4.67 Å². The van der Waals surface area contributed by atoms with Crippen molar-refractivity contribution in [3.63, 3.8) is 0 Å². The molecule has 0 amide bonds. The van der Waals surface area contributed by atoms with Gasteiger partial charge in [0.05, 0.1) is 7.11 Å². The van der Waals surface area contributed by atoms with Crippen molar-refractivity contribution < 1.29 is 14.1 Å². The van der Waals surface area contributed by atoms with Gasteiger partial charge in [0.1, 0.15) is 12.5 Å². The molecule has 1 rings (SSSR count). The van der Waals surface area contributed by atoms with Crippen LogP contribution in [0, 0.1) is 0 Å². The van der Waals surface area contributed by atoms with Crippen molar-refractivity contribution in [2.24, 2.45) is 0 Å². The molecule has 0 heterocycles. The summed E-state index contributed by atoms with van der Waals surface area (Å²) in [5.74, 6) is -0.292. The Morgan fingerprint density at radius 2 is 1.95 bits per heavy atom. The minimum Gasteiger partial charge on any atom is -0.468 e. The molecule has 0 aliphatic rings. The Labute approximate surface area is 119 Å². The third kappa shape index (κ3) is 4.39. The van der Waals surface area contributed by atoms with Crippen LogP contribution in [0.15, 0.2) is 30.3 Å². The van der Waals surface area contributed by atoms with E-state index in [9.17, 15) is 4.79 Å². The van der Waals surface area contributed by atoms with Gasteiger partial charge >= 0.3 is 5.97 Å². The topological polar surface area (TPSA) is 38.8 Å². The SMILES string of the molecule is COC(=O)[C@H](Cc1ccccc1)N(C)P(C)(=S)OC. The van der Waals surface area contributed by atoms with Gasteiger partial charge in [-0.2, -0.15) is 0 Å². The van der Waals surface area contributed by atoms with E-state index < -0.39 is 12.5 Å². The average Bonchev–Trinajstić information content (AvgIpc) is 2.44. The highest BCUT2D eigenvalue weighted by Gasteiger charge is 2.31. The maximum absolute atomic E-state index is 12.0. The molecule has 0 aliphatic heterocycles. The van der Waals surface area contributed by atoms with Gasteiger partial charge in [0.25, 0.3) is 0 Å². The molecule has 0 aliphatic carbocycles. The summed E-state index contributed by atoms with van der Waals surface area (Å²) in [6.45, 7) is 1.85. The van der Waals surface area contributed by atoms with Gasteiger partial charge < -0.3 is 9.26 Å². The fourth-order valence-corrected chi connectivity index (χ4v) is 3.00. The standard InChI is InChI=1S/C13H20NO3PS/c1-14(18(4,19)17-3)12(13(15)16-2)10-11-8-6-5-7-9-11/h5-9,12H,10H2,1-4H3/t12-,18?/m0/s1. The Morgan fingerprint density at radius 1 is 1.37 bits per heavy atom. The number of benzene rings is 1. The molecule has 0 radical (unpaired) electrons. The van der Waals surface area contributed by atoms with Crippen LogP contribution < -0.4 is 0 Å². The zero-order valence-electron chi connectivity index (χ0n) is 11.7. The molecule has 4 nitrogen and oxygen atoms in total. The first-order valence-corrected chi connectivity index (χ1v) is 9.02. The molecule has 0 spiro atoms. The number of carbonyl (C=O) groups excluding carboxylic acids is 1.